The monoisotopic (exact) mass is 353 g/mol. The van der Waals surface area contributed by atoms with Crippen LogP contribution in [0.1, 0.15) is 32.5 Å². The summed E-state index contributed by atoms with van der Waals surface area (Å²) < 4.78 is 0. The lowest BCUT2D eigenvalue weighted by atomic mass is 10.2. The summed E-state index contributed by atoms with van der Waals surface area (Å²) in [5, 5.41) is 21.3. The number of aromatic hydroxyl groups is 1. The summed E-state index contributed by atoms with van der Waals surface area (Å²) in [6.45, 7) is 1.90. The second-order valence-corrected chi connectivity index (χ2v) is 5.30. The molecule has 0 spiro atoms. The molecule has 0 atom stereocenters. The first-order chi connectivity index (χ1) is 12.5. The Hall–Kier alpha value is -3.82. The van der Waals surface area contributed by atoms with E-state index < -0.39 is 11.8 Å². The van der Waals surface area contributed by atoms with E-state index >= 15 is 0 Å². The number of pyridine rings is 2. The van der Waals surface area contributed by atoms with Gasteiger partial charge in [-0.25, -0.2) is 15.0 Å². The number of nitrogens with one attached hydrogen (secondary N) is 3. The van der Waals surface area contributed by atoms with Gasteiger partial charge in [0.1, 0.15) is 17.4 Å². The molecule has 3 heterocycles. The molecule has 0 bridgehead atoms. The van der Waals surface area contributed by atoms with E-state index in [1.54, 1.807) is 19.1 Å². The van der Waals surface area contributed by atoms with Crippen molar-refractivity contribution in [2.75, 3.05) is 5.32 Å². The second-order valence-electron chi connectivity index (χ2n) is 5.30. The third-order valence-electron chi connectivity index (χ3n) is 3.32. The van der Waals surface area contributed by atoms with Gasteiger partial charge < -0.3 is 15.7 Å². The summed E-state index contributed by atoms with van der Waals surface area (Å²) in [5.74, 6) is -0.378. The predicted molar refractivity (Wildman–Crippen MR) is 90.4 cm³/mol. The molecule has 4 N–H and O–H groups in total. The van der Waals surface area contributed by atoms with Crippen LogP contribution in [0.4, 0.5) is 5.82 Å². The number of carbonyl (C=O) groups excluding carboxylic acids is 2. The lowest BCUT2D eigenvalue weighted by Gasteiger charge is -2.07. The van der Waals surface area contributed by atoms with Gasteiger partial charge in [0.2, 0.25) is 5.82 Å². The number of rotatable bonds is 5. The Morgan fingerprint density at radius 2 is 2.04 bits per heavy atom. The minimum atomic E-state index is -0.590. The highest BCUT2D eigenvalue weighted by molar-refractivity contribution is 6.04. The molecule has 0 radical (unpaired) electrons. The second kappa shape index (κ2) is 7.38. The van der Waals surface area contributed by atoms with Crippen LogP contribution in [0.5, 0.6) is 5.75 Å². The van der Waals surface area contributed by atoms with E-state index in [1.165, 1.54) is 24.5 Å². The molecule has 10 nitrogen and oxygen atoms in total. The number of amides is 2. The Kier molecular flexibility index (Phi) is 4.83. The highest BCUT2D eigenvalue weighted by Crippen LogP contribution is 2.15. The molecule has 0 aliphatic carbocycles. The van der Waals surface area contributed by atoms with Gasteiger partial charge in [-0.05, 0) is 36.8 Å². The number of nitrogens with zero attached hydrogens (tertiary/aromatic N) is 4. The van der Waals surface area contributed by atoms with E-state index in [0.717, 1.165) is 0 Å². The molecule has 26 heavy (non-hydrogen) atoms. The maximum atomic E-state index is 12.1. The van der Waals surface area contributed by atoms with Gasteiger partial charge in [-0.15, -0.1) is 5.10 Å². The summed E-state index contributed by atoms with van der Waals surface area (Å²) in [7, 11) is 0. The van der Waals surface area contributed by atoms with Crippen LogP contribution in [0.2, 0.25) is 0 Å². The van der Waals surface area contributed by atoms with Crippen molar-refractivity contribution in [2.24, 2.45) is 0 Å². The van der Waals surface area contributed by atoms with E-state index in [9.17, 15) is 14.7 Å². The fraction of sp³-hybridized carbons (Fsp3) is 0.125. The number of hydrogen-bond acceptors (Lipinski definition) is 7. The number of carbonyl (C=O) groups is 2. The molecule has 0 saturated heterocycles. The van der Waals surface area contributed by atoms with E-state index in [1.807, 2.05) is 0 Å². The normalized spacial score (nSPS) is 10.3. The molecule has 132 valence electrons. The maximum absolute atomic E-state index is 12.1. The highest BCUT2D eigenvalue weighted by Gasteiger charge is 2.14. The molecule has 3 aromatic heterocycles. The highest BCUT2D eigenvalue weighted by atomic mass is 16.3. The van der Waals surface area contributed by atoms with Crippen LogP contribution in [0, 0.1) is 6.92 Å². The van der Waals surface area contributed by atoms with Crippen molar-refractivity contribution in [3.8, 4) is 5.75 Å². The smallest absolute Gasteiger partial charge is 0.291 e. The molecular formula is C16H15N7O3. The molecule has 3 aromatic rings. The van der Waals surface area contributed by atoms with E-state index in [2.05, 4.69) is 35.8 Å². The number of aryl methyl sites for hydroxylation is 1. The quantitative estimate of drug-likeness (QED) is 0.530. The van der Waals surface area contributed by atoms with Crippen molar-refractivity contribution in [1.29, 1.82) is 0 Å². The third kappa shape index (κ3) is 3.98. The Morgan fingerprint density at radius 3 is 2.77 bits per heavy atom. The standard InChI is InChI=1S/C16H15N7O3/c1-9-20-14(23-22-9)16(26)19-8-10-4-6-17-12(7-10)21-15(25)13-11(24)3-2-5-18-13/h2-7,24H,8H2,1H3,(H,19,26)(H,17,21,25)(H,20,22,23). The van der Waals surface area contributed by atoms with Crippen molar-refractivity contribution in [3.63, 3.8) is 0 Å². The van der Waals surface area contributed by atoms with Crippen LogP contribution in [-0.2, 0) is 6.54 Å². The van der Waals surface area contributed by atoms with Crippen LogP contribution in [-0.4, -0.2) is 42.1 Å². The fourth-order valence-corrected chi connectivity index (χ4v) is 2.11. The van der Waals surface area contributed by atoms with Crippen molar-refractivity contribution in [2.45, 2.75) is 13.5 Å². The SMILES string of the molecule is Cc1nc(C(=O)NCc2ccnc(NC(=O)c3ncccc3O)c2)n[nH]1. The van der Waals surface area contributed by atoms with Crippen LogP contribution < -0.4 is 10.6 Å². The van der Waals surface area contributed by atoms with Gasteiger partial charge in [0, 0.05) is 18.9 Å². The molecular weight excluding hydrogens is 338 g/mol. The molecule has 0 saturated carbocycles. The minimum absolute atomic E-state index is 0.0516. The summed E-state index contributed by atoms with van der Waals surface area (Å²) in [6.07, 6.45) is 2.89. The molecule has 2 amide bonds. The molecule has 0 aliphatic rings. The van der Waals surface area contributed by atoms with Gasteiger partial charge in [0.15, 0.2) is 5.69 Å². The van der Waals surface area contributed by atoms with Crippen molar-refractivity contribution in [3.05, 3.63) is 59.6 Å². The largest absolute Gasteiger partial charge is 0.505 e. The summed E-state index contributed by atoms with van der Waals surface area (Å²) >= 11 is 0. The van der Waals surface area contributed by atoms with Crippen LogP contribution in [0.3, 0.4) is 0 Å². The molecule has 0 aliphatic heterocycles. The van der Waals surface area contributed by atoms with Gasteiger partial charge in [0.25, 0.3) is 11.8 Å². The Bertz CT molecular complexity index is 954. The average Bonchev–Trinajstić information content (AvgIpc) is 3.07. The molecule has 0 aromatic carbocycles. The zero-order valence-corrected chi connectivity index (χ0v) is 13.7. The molecule has 3 rings (SSSR count). The van der Waals surface area contributed by atoms with Crippen LogP contribution in [0.25, 0.3) is 0 Å². The fourth-order valence-electron chi connectivity index (χ4n) is 2.11. The molecule has 0 unspecified atom stereocenters. The number of anilines is 1. The average molecular weight is 353 g/mol. The van der Waals surface area contributed by atoms with Crippen LogP contribution >= 0.6 is 0 Å². The van der Waals surface area contributed by atoms with Crippen molar-refractivity contribution in [1.82, 2.24) is 30.5 Å². The third-order valence-corrected chi connectivity index (χ3v) is 3.32. The van der Waals surface area contributed by atoms with Gasteiger partial charge in [-0.1, -0.05) is 0 Å². The summed E-state index contributed by atoms with van der Waals surface area (Å²) in [5.41, 5.74) is 0.606. The zero-order chi connectivity index (χ0) is 18.5. The van der Waals surface area contributed by atoms with E-state index in [4.69, 9.17) is 0 Å². The Morgan fingerprint density at radius 1 is 1.19 bits per heavy atom. The van der Waals surface area contributed by atoms with E-state index in [-0.39, 0.29) is 29.6 Å². The summed E-state index contributed by atoms with van der Waals surface area (Å²) in [4.78, 5) is 35.9. The number of aromatic nitrogens is 5. The van der Waals surface area contributed by atoms with Crippen LogP contribution in [0.15, 0.2) is 36.7 Å². The van der Waals surface area contributed by atoms with Gasteiger partial charge in [-0.2, -0.15) is 0 Å². The lowest BCUT2D eigenvalue weighted by Crippen LogP contribution is -2.24. The first-order valence-corrected chi connectivity index (χ1v) is 7.60. The minimum Gasteiger partial charge on any atom is -0.505 e. The predicted octanol–water partition coefficient (Wildman–Crippen LogP) is 0.791. The first kappa shape index (κ1) is 17.0. The Balaban J connectivity index is 1.64. The topological polar surface area (TPSA) is 146 Å². The molecule has 0 fully saturated rings. The number of H-pyrrole nitrogens is 1. The van der Waals surface area contributed by atoms with Crippen molar-refractivity contribution >= 4 is 17.6 Å². The number of aromatic amines is 1. The zero-order valence-electron chi connectivity index (χ0n) is 13.7. The lowest BCUT2D eigenvalue weighted by molar-refractivity contribution is 0.0940. The van der Waals surface area contributed by atoms with Crippen molar-refractivity contribution < 1.29 is 14.7 Å². The molecule has 10 heteroatoms. The van der Waals surface area contributed by atoms with E-state index in [0.29, 0.717) is 11.4 Å². The first-order valence-electron chi connectivity index (χ1n) is 7.60. The Labute approximate surface area is 147 Å². The van der Waals surface area contributed by atoms with Gasteiger partial charge in [-0.3, -0.25) is 14.7 Å². The maximum Gasteiger partial charge on any atom is 0.291 e. The summed E-state index contributed by atoms with van der Waals surface area (Å²) in [6, 6.07) is 6.17. The van der Waals surface area contributed by atoms with Gasteiger partial charge >= 0.3 is 0 Å². The number of hydrogen-bond donors (Lipinski definition) is 4. The van der Waals surface area contributed by atoms with Gasteiger partial charge in [0.05, 0.1) is 0 Å².